The molecule has 0 saturated carbocycles. The summed E-state index contributed by atoms with van der Waals surface area (Å²) in [6.07, 6.45) is 4.03. The van der Waals surface area contributed by atoms with E-state index in [2.05, 4.69) is 29.7 Å². The Hall–Kier alpha value is -2.40. The number of aliphatic hydroxyl groups excluding tert-OH is 1. The lowest BCUT2D eigenvalue weighted by Gasteiger charge is -2.20. The molecule has 0 radical (unpaired) electrons. The van der Waals surface area contributed by atoms with Gasteiger partial charge in [0.15, 0.2) is 5.82 Å². The minimum Gasteiger partial charge on any atom is -0.512 e. The van der Waals surface area contributed by atoms with Crippen molar-refractivity contribution in [2.24, 2.45) is 5.73 Å². The maximum atomic E-state index is 10.4. The highest BCUT2D eigenvalue weighted by Crippen LogP contribution is 2.30. The summed E-state index contributed by atoms with van der Waals surface area (Å²) in [5, 5.41) is 11.4. The molecule has 1 saturated heterocycles. The predicted octanol–water partition coefficient (Wildman–Crippen LogP) is 3.73. The zero-order valence-electron chi connectivity index (χ0n) is 15.0. The van der Waals surface area contributed by atoms with Crippen LogP contribution in [0.1, 0.15) is 37.6 Å². The van der Waals surface area contributed by atoms with Gasteiger partial charge in [-0.25, -0.2) is 9.97 Å². The molecule has 2 aromatic rings. The van der Waals surface area contributed by atoms with Gasteiger partial charge in [0, 0.05) is 30.9 Å². The molecule has 5 nitrogen and oxygen atoms in total. The lowest BCUT2D eigenvalue weighted by molar-refractivity contribution is 0.390. The molecule has 1 fully saturated rings. The summed E-state index contributed by atoms with van der Waals surface area (Å²) in [4.78, 5) is 11.7. The largest absolute Gasteiger partial charge is 0.512 e. The molecule has 25 heavy (non-hydrogen) atoms. The Labute approximate surface area is 148 Å². The molecule has 1 aromatic heterocycles. The van der Waals surface area contributed by atoms with Gasteiger partial charge >= 0.3 is 0 Å². The van der Waals surface area contributed by atoms with E-state index < -0.39 is 0 Å². The van der Waals surface area contributed by atoms with Crippen molar-refractivity contribution in [2.75, 3.05) is 18.0 Å². The number of aromatic nitrogens is 2. The SMILES string of the molecule is C=C/C(=C(/O)CCC)c1nc(N2CCC(N)C2)c2ccc(C)cc2n1. The minimum absolute atomic E-state index is 0.168. The summed E-state index contributed by atoms with van der Waals surface area (Å²) in [6.45, 7) is 9.59. The smallest absolute Gasteiger partial charge is 0.165 e. The molecule has 5 heteroatoms. The van der Waals surface area contributed by atoms with Crippen LogP contribution >= 0.6 is 0 Å². The highest BCUT2D eigenvalue weighted by atomic mass is 16.3. The van der Waals surface area contributed by atoms with Gasteiger partial charge in [0.05, 0.1) is 11.1 Å². The number of nitrogens with zero attached hydrogens (tertiary/aromatic N) is 3. The fourth-order valence-electron chi connectivity index (χ4n) is 3.27. The summed E-state index contributed by atoms with van der Waals surface area (Å²) >= 11 is 0. The second-order valence-corrected chi connectivity index (χ2v) is 6.70. The number of nitrogens with two attached hydrogens (primary N) is 1. The molecule has 0 aliphatic carbocycles. The van der Waals surface area contributed by atoms with Crippen molar-refractivity contribution in [3.8, 4) is 0 Å². The van der Waals surface area contributed by atoms with Crippen LogP contribution in [-0.2, 0) is 0 Å². The molecule has 3 rings (SSSR count). The first-order valence-electron chi connectivity index (χ1n) is 8.87. The van der Waals surface area contributed by atoms with Crippen LogP contribution in [-0.4, -0.2) is 34.2 Å². The third-order valence-corrected chi connectivity index (χ3v) is 4.60. The maximum absolute atomic E-state index is 10.4. The summed E-state index contributed by atoms with van der Waals surface area (Å²) in [5.74, 6) is 1.69. The van der Waals surface area contributed by atoms with Crippen molar-refractivity contribution in [1.82, 2.24) is 9.97 Å². The van der Waals surface area contributed by atoms with Crippen molar-refractivity contribution in [2.45, 2.75) is 39.2 Å². The van der Waals surface area contributed by atoms with E-state index in [1.165, 1.54) is 0 Å². The maximum Gasteiger partial charge on any atom is 0.165 e. The van der Waals surface area contributed by atoms with Crippen molar-refractivity contribution < 1.29 is 5.11 Å². The van der Waals surface area contributed by atoms with Gasteiger partial charge in [0.25, 0.3) is 0 Å². The monoisotopic (exact) mass is 338 g/mol. The number of hydrogen-bond acceptors (Lipinski definition) is 5. The zero-order chi connectivity index (χ0) is 18.0. The Morgan fingerprint density at radius 1 is 1.44 bits per heavy atom. The van der Waals surface area contributed by atoms with Crippen LogP contribution < -0.4 is 10.6 Å². The average Bonchev–Trinajstić information content (AvgIpc) is 3.01. The Kier molecular flexibility index (Phi) is 5.04. The number of aliphatic hydroxyl groups is 1. The number of allylic oxidation sites excluding steroid dienone is 3. The van der Waals surface area contributed by atoms with Crippen LogP contribution in [0, 0.1) is 6.92 Å². The fraction of sp³-hybridized carbons (Fsp3) is 0.400. The number of fused-ring (bicyclic) bond motifs is 1. The Morgan fingerprint density at radius 2 is 2.24 bits per heavy atom. The molecule has 1 unspecified atom stereocenters. The molecule has 0 amide bonds. The van der Waals surface area contributed by atoms with Crippen LogP contribution in [0.15, 0.2) is 36.6 Å². The first-order chi connectivity index (χ1) is 12.0. The second kappa shape index (κ2) is 7.23. The predicted molar refractivity (Wildman–Crippen MR) is 104 cm³/mol. The Balaban J connectivity index is 2.20. The molecule has 0 spiro atoms. The summed E-state index contributed by atoms with van der Waals surface area (Å²) < 4.78 is 0. The molecule has 1 aliphatic heterocycles. The summed E-state index contributed by atoms with van der Waals surface area (Å²) in [5.41, 5.74) is 8.72. The van der Waals surface area contributed by atoms with Crippen LogP contribution in [0.5, 0.6) is 0 Å². The molecule has 2 heterocycles. The molecule has 1 aromatic carbocycles. The standard InChI is InChI=1S/C20H26N4O/c1-4-6-18(25)15(5-2)19-22-17-11-13(3)7-8-16(17)20(23-19)24-10-9-14(21)12-24/h5,7-8,11,14,25H,2,4,6,9-10,12,21H2,1,3H3/b18-15-. The fourth-order valence-corrected chi connectivity index (χ4v) is 3.27. The quantitative estimate of drug-likeness (QED) is 0.642. The average molecular weight is 338 g/mol. The topological polar surface area (TPSA) is 75.3 Å². The molecule has 132 valence electrons. The minimum atomic E-state index is 0.168. The summed E-state index contributed by atoms with van der Waals surface area (Å²) in [6, 6.07) is 6.36. The van der Waals surface area contributed by atoms with E-state index in [4.69, 9.17) is 15.7 Å². The lowest BCUT2D eigenvalue weighted by atomic mass is 10.1. The van der Waals surface area contributed by atoms with Crippen LogP contribution in [0.4, 0.5) is 5.82 Å². The van der Waals surface area contributed by atoms with Gasteiger partial charge in [-0.1, -0.05) is 25.6 Å². The van der Waals surface area contributed by atoms with E-state index in [9.17, 15) is 5.11 Å². The number of anilines is 1. The van der Waals surface area contributed by atoms with Crippen molar-refractivity contribution in [1.29, 1.82) is 0 Å². The molecule has 1 atom stereocenters. The van der Waals surface area contributed by atoms with Gasteiger partial charge in [-0.05, 0) is 37.5 Å². The van der Waals surface area contributed by atoms with E-state index in [0.717, 1.165) is 48.2 Å². The molecule has 3 N–H and O–H groups in total. The molecule has 1 aliphatic rings. The Bertz CT molecular complexity index is 828. The lowest BCUT2D eigenvalue weighted by Crippen LogP contribution is -2.27. The summed E-state index contributed by atoms with van der Waals surface area (Å²) in [7, 11) is 0. The molecule has 0 bridgehead atoms. The third-order valence-electron chi connectivity index (χ3n) is 4.60. The van der Waals surface area contributed by atoms with E-state index in [-0.39, 0.29) is 11.8 Å². The van der Waals surface area contributed by atoms with E-state index in [0.29, 0.717) is 17.8 Å². The molecular weight excluding hydrogens is 312 g/mol. The number of aryl methyl sites for hydroxylation is 1. The van der Waals surface area contributed by atoms with E-state index in [1.807, 2.05) is 13.8 Å². The zero-order valence-corrected chi connectivity index (χ0v) is 15.0. The second-order valence-electron chi connectivity index (χ2n) is 6.70. The van der Waals surface area contributed by atoms with Crippen LogP contribution in [0.2, 0.25) is 0 Å². The first kappa shape index (κ1) is 17.4. The van der Waals surface area contributed by atoms with Gasteiger partial charge in [-0.3, -0.25) is 0 Å². The van der Waals surface area contributed by atoms with Crippen molar-refractivity contribution in [3.63, 3.8) is 0 Å². The van der Waals surface area contributed by atoms with Crippen molar-refractivity contribution >= 4 is 22.3 Å². The van der Waals surface area contributed by atoms with E-state index in [1.54, 1.807) is 6.08 Å². The van der Waals surface area contributed by atoms with Crippen molar-refractivity contribution in [3.05, 3.63) is 48.0 Å². The third kappa shape index (κ3) is 3.51. The Morgan fingerprint density at radius 3 is 2.88 bits per heavy atom. The number of benzene rings is 1. The number of rotatable bonds is 5. The van der Waals surface area contributed by atoms with E-state index >= 15 is 0 Å². The van der Waals surface area contributed by atoms with Gasteiger partial charge in [0.1, 0.15) is 11.6 Å². The van der Waals surface area contributed by atoms with Crippen LogP contribution in [0.25, 0.3) is 16.5 Å². The van der Waals surface area contributed by atoms with Gasteiger partial charge in [-0.15, -0.1) is 0 Å². The molecular formula is C20H26N4O. The normalized spacial score (nSPS) is 18.5. The highest BCUT2D eigenvalue weighted by molar-refractivity contribution is 5.91. The first-order valence-corrected chi connectivity index (χ1v) is 8.87. The highest BCUT2D eigenvalue weighted by Gasteiger charge is 2.23. The van der Waals surface area contributed by atoms with Crippen LogP contribution in [0.3, 0.4) is 0 Å². The number of hydrogen-bond donors (Lipinski definition) is 2. The van der Waals surface area contributed by atoms with Gasteiger partial charge in [0.2, 0.25) is 0 Å². The van der Waals surface area contributed by atoms with Gasteiger partial charge in [-0.2, -0.15) is 0 Å². The van der Waals surface area contributed by atoms with Gasteiger partial charge < -0.3 is 15.7 Å².